The number of aliphatic hydroxyl groups is 1. The van der Waals surface area contributed by atoms with E-state index in [1.54, 1.807) is 13.8 Å². The molecule has 0 saturated carbocycles. The minimum absolute atomic E-state index is 0.157. The third kappa shape index (κ3) is 4.54. The van der Waals surface area contributed by atoms with Crippen molar-refractivity contribution in [3.63, 3.8) is 0 Å². The third-order valence-electron chi connectivity index (χ3n) is 2.27. The number of pyridine rings is 1. The van der Waals surface area contributed by atoms with Gasteiger partial charge in [-0.3, -0.25) is 0 Å². The van der Waals surface area contributed by atoms with E-state index in [9.17, 15) is 18.5 Å². The molecule has 106 valence electrons. The molecule has 0 aliphatic rings. The number of hydrogen-bond donors (Lipinski definition) is 2. The predicted octanol–water partition coefficient (Wildman–Crippen LogP) is 0.427. The smallest absolute Gasteiger partial charge is 0.363 e. The second-order valence-electron chi connectivity index (χ2n) is 4.22. The Morgan fingerprint density at radius 2 is 2.11 bits per heavy atom. The van der Waals surface area contributed by atoms with Gasteiger partial charge in [-0.25, -0.2) is 13.1 Å². The molecular formula is C10H15N3O5S. The minimum Gasteiger partial charge on any atom is -0.393 e. The first kappa shape index (κ1) is 15.5. The van der Waals surface area contributed by atoms with Crippen LogP contribution in [-0.4, -0.2) is 35.6 Å². The van der Waals surface area contributed by atoms with Crippen molar-refractivity contribution in [2.45, 2.75) is 37.3 Å². The predicted molar refractivity (Wildman–Crippen MR) is 67.0 cm³/mol. The van der Waals surface area contributed by atoms with Crippen molar-refractivity contribution in [3.8, 4) is 0 Å². The van der Waals surface area contributed by atoms with E-state index < -0.39 is 32.9 Å². The molecule has 0 fully saturated rings. The summed E-state index contributed by atoms with van der Waals surface area (Å²) in [6.45, 7) is 3.17. The molecule has 0 bridgehead atoms. The molecule has 1 heterocycles. The molecule has 2 N–H and O–H groups in total. The molecule has 0 amide bonds. The SMILES string of the molecule is CC(O)CC(C)NS(=O)(=O)c1ccc([N+](=O)[O-])nc1. The molecule has 19 heavy (non-hydrogen) atoms. The fraction of sp³-hybridized carbons (Fsp3) is 0.500. The van der Waals surface area contributed by atoms with Gasteiger partial charge in [-0.15, -0.1) is 0 Å². The van der Waals surface area contributed by atoms with Crippen LogP contribution >= 0.6 is 0 Å². The molecule has 2 atom stereocenters. The lowest BCUT2D eigenvalue weighted by atomic mass is 10.2. The average molecular weight is 289 g/mol. The second-order valence-corrected chi connectivity index (χ2v) is 5.93. The van der Waals surface area contributed by atoms with Crippen LogP contribution in [0.3, 0.4) is 0 Å². The fourth-order valence-electron chi connectivity index (χ4n) is 1.53. The number of rotatable bonds is 6. The van der Waals surface area contributed by atoms with Crippen LogP contribution in [0.15, 0.2) is 23.2 Å². The van der Waals surface area contributed by atoms with E-state index in [0.717, 1.165) is 18.3 Å². The zero-order chi connectivity index (χ0) is 14.6. The van der Waals surface area contributed by atoms with Crippen molar-refractivity contribution in [2.75, 3.05) is 0 Å². The van der Waals surface area contributed by atoms with Gasteiger partial charge in [0.15, 0.2) is 6.20 Å². The summed E-state index contributed by atoms with van der Waals surface area (Å²) in [7, 11) is -3.79. The highest BCUT2D eigenvalue weighted by Crippen LogP contribution is 2.13. The lowest BCUT2D eigenvalue weighted by molar-refractivity contribution is -0.389. The summed E-state index contributed by atoms with van der Waals surface area (Å²) in [5.41, 5.74) is 0. The van der Waals surface area contributed by atoms with Gasteiger partial charge in [-0.05, 0) is 36.2 Å². The van der Waals surface area contributed by atoms with Crippen molar-refractivity contribution in [1.29, 1.82) is 0 Å². The summed E-state index contributed by atoms with van der Waals surface area (Å²) < 4.78 is 26.2. The molecular weight excluding hydrogens is 274 g/mol. The van der Waals surface area contributed by atoms with Crippen LogP contribution in [0.2, 0.25) is 0 Å². The number of hydrogen-bond acceptors (Lipinski definition) is 6. The van der Waals surface area contributed by atoms with Gasteiger partial charge in [0.2, 0.25) is 10.0 Å². The Morgan fingerprint density at radius 3 is 2.53 bits per heavy atom. The van der Waals surface area contributed by atoms with Crippen LogP contribution in [0.4, 0.5) is 5.82 Å². The monoisotopic (exact) mass is 289 g/mol. The average Bonchev–Trinajstić information content (AvgIpc) is 2.27. The summed E-state index contributed by atoms with van der Waals surface area (Å²) in [4.78, 5) is 13.0. The van der Waals surface area contributed by atoms with Crippen molar-refractivity contribution in [1.82, 2.24) is 9.71 Å². The Hall–Kier alpha value is -1.58. The molecule has 0 aliphatic carbocycles. The lowest BCUT2D eigenvalue weighted by Crippen LogP contribution is -2.34. The van der Waals surface area contributed by atoms with Crippen molar-refractivity contribution >= 4 is 15.8 Å². The summed E-state index contributed by atoms with van der Waals surface area (Å²) >= 11 is 0. The maximum atomic E-state index is 11.9. The van der Waals surface area contributed by atoms with Crippen molar-refractivity contribution in [3.05, 3.63) is 28.4 Å². The Kier molecular flexibility index (Phi) is 4.92. The zero-order valence-corrected chi connectivity index (χ0v) is 11.3. The Labute approximate surface area is 110 Å². The van der Waals surface area contributed by atoms with Crippen molar-refractivity contribution in [2.24, 2.45) is 0 Å². The molecule has 9 heteroatoms. The van der Waals surface area contributed by atoms with Gasteiger partial charge < -0.3 is 15.2 Å². The summed E-state index contributed by atoms with van der Waals surface area (Å²) in [5, 5.41) is 19.6. The van der Waals surface area contributed by atoms with Gasteiger partial charge in [-0.1, -0.05) is 0 Å². The Balaban J connectivity index is 2.85. The maximum Gasteiger partial charge on any atom is 0.363 e. The first-order valence-electron chi connectivity index (χ1n) is 5.53. The van der Waals surface area contributed by atoms with Crippen LogP contribution in [0.5, 0.6) is 0 Å². The topological polar surface area (TPSA) is 122 Å². The molecule has 0 saturated heterocycles. The molecule has 8 nitrogen and oxygen atoms in total. The van der Waals surface area contributed by atoms with Crippen LogP contribution in [0.1, 0.15) is 20.3 Å². The second kappa shape index (κ2) is 6.04. The molecule has 0 aliphatic heterocycles. The van der Waals surface area contributed by atoms with E-state index >= 15 is 0 Å². The largest absolute Gasteiger partial charge is 0.393 e. The van der Waals surface area contributed by atoms with E-state index in [4.69, 9.17) is 5.11 Å². The van der Waals surface area contributed by atoms with E-state index in [-0.39, 0.29) is 11.3 Å². The summed E-state index contributed by atoms with van der Waals surface area (Å²) in [5.74, 6) is -0.420. The molecule has 1 aromatic heterocycles. The van der Waals surface area contributed by atoms with E-state index in [0.29, 0.717) is 0 Å². The number of nitro groups is 1. The van der Waals surface area contributed by atoms with Gasteiger partial charge in [0.05, 0.1) is 6.10 Å². The quantitative estimate of drug-likeness (QED) is 0.578. The molecule has 1 aromatic rings. The molecule has 0 radical (unpaired) electrons. The van der Waals surface area contributed by atoms with Crippen molar-refractivity contribution < 1.29 is 18.4 Å². The minimum atomic E-state index is -3.79. The number of aromatic nitrogens is 1. The first-order chi connectivity index (χ1) is 8.72. The molecule has 1 rings (SSSR count). The zero-order valence-electron chi connectivity index (χ0n) is 10.5. The molecule has 2 unspecified atom stereocenters. The molecule has 0 aromatic carbocycles. The van der Waals surface area contributed by atoms with Crippen LogP contribution in [-0.2, 0) is 10.0 Å². The van der Waals surface area contributed by atoms with E-state index in [2.05, 4.69) is 9.71 Å². The molecule has 0 spiro atoms. The summed E-state index contributed by atoms with van der Waals surface area (Å²) in [6, 6.07) is 1.68. The number of aliphatic hydroxyl groups excluding tert-OH is 1. The third-order valence-corrected chi connectivity index (χ3v) is 3.84. The lowest BCUT2D eigenvalue weighted by Gasteiger charge is -2.14. The number of nitrogens with one attached hydrogen (secondary N) is 1. The Bertz CT molecular complexity index is 541. The van der Waals surface area contributed by atoms with E-state index in [1.165, 1.54) is 0 Å². The highest BCUT2D eigenvalue weighted by Gasteiger charge is 2.21. The number of nitrogens with zero attached hydrogens (tertiary/aromatic N) is 2. The van der Waals surface area contributed by atoms with Crippen LogP contribution in [0.25, 0.3) is 0 Å². The van der Waals surface area contributed by atoms with Gasteiger partial charge in [0.25, 0.3) is 0 Å². The van der Waals surface area contributed by atoms with Crippen LogP contribution < -0.4 is 4.72 Å². The maximum absolute atomic E-state index is 11.9. The summed E-state index contributed by atoms with van der Waals surface area (Å²) in [6.07, 6.45) is 0.558. The van der Waals surface area contributed by atoms with Gasteiger partial charge in [0.1, 0.15) is 4.90 Å². The number of sulfonamides is 1. The van der Waals surface area contributed by atoms with Gasteiger partial charge >= 0.3 is 5.82 Å². The highest BCUT2D eigenvalue weighted by molar-refractivity contribution is 7.89. The normalized spacial score (nSPS) is 14.9. The van der Waals surface area contributed by atoms with E-state index in [1.807, 2.05) is 0 Å². The van der Waals surface area contributed by atoms with Gasteiger partial charge in [0, 0.05) is 12.1 Å². The first-order valence-corrected chi connectivity index (χ1v) is 7.01. The fourth-order valence-corrected chi connectivity index (χ4v) is 2.73. The van der Waals surface area contributed by atoms with Crippen LogP contribution in [0, 0.1) is 10.1 Å². The highest BCUT2D eigenvalue weighted by atomic mass is 32.2. The standard InChI is InChI=1S/C10H15N3O5S/c1-7(5-8(2)14)12-19(17,18)9-3-4-10(11-6-9)13(15)16/h3-4,6-8,12,14H,5H2,1-2H3. The van der Waals surface area contributed by atoms with Gasteiger partial charge in [-0.2, -0.15) is 0 Å². The Morgan fingerprint density at radius 1 is 1.47 bits per heavy atom.